The van der Waals surface area contributed by atoms with Crippen LogP contribution in [-0.2, 0) is 6.18 Å². The lowest BCUT2D eigenvalue weighted by atomic mass is 10.2. The summed E-state index contributed by atoms with van der Waals surface area (Å²) in [7, 11) is 0. The molecule has 2 fully saturated rings. The van der Waals surface area contributed by atoms with Crippen LogP contribution in [0.15, 0.2) is 12.1 Å². The Morgan fingerprint density at radius 1 is 1.14 bits per heavy atom. The summed E-state index contributed by atoms with van der Waals surface area (Å²) >= 11 is 0. The highest BCUT2D eigenvalue weighted by molar-refractivity contribution is 5.45. The van der Waals surface area contributed by atoms with Gasteiger partial charge < -0.3 is 15.0 Å². The van der Waals surface area contributed by atoms with Gasteiger partial charge in [0, 0.05) is 26.2 Å². The topological polar surface area (TPSA) is 37.4 Å². The number of ether oxygens (including phenoxy) is 1. The molecule has 1 saturated heterocycles. The van der Waals surface area contributed by atoms with Crippen molar-refractivity contribution in [2.24, 2.45) is 0 Å². The summed E-state index contributed by atoms with van der Waals surface area (Å²) in [4.78, 5) is 6.17. The summed E-state index contributed by atoms with van der Waals surface area (Å²) in [5, 5.41) is 3.21. The quantitative estimate of drug-likeness (QED) is 0.931. The largest absolute Gasteiger partial charge is 0.474 e. The summed E-state index contributed by atoms with van der Waals surface area (Å²) in [6.07, 6.45) is -0.976. The van der Waals surface area contributed by atoms with E-state index < -0.39 is 11.7 Å². The first-order valence-corrected chi connectivity index (χ1v) is 7.74. The standard InChI is InChI=1S/C15H20F3N3O/c16-15(17,18)12-5-6-13(21-9-7-19-8-10-21)20-14(12)22-11-3-1-2-4-11/h5-6,11,19H,1-4,7-10H2. The van der Waals surface area contributed by atoms with Crippen molar-refractivity contribution < 1.29 is 17.9 Å². The molecule has 7 heteroatoms. The molecule has 0 bridgehead atoms. The Hall–Kier alpha value is -1.50. The van der Waals surface area contributed by atoms with Crippen molar-refractivity contribution in [3.05, 3.63) is 17.7 Å². The second-order valence-corrected chi connectivity index (χ2v) is 5.78. The number of alkyl halides is 3. The molecule has 0 amide bonds. The van der Waals surface area contributed by atoms with Crippen molar-refractivity contribution in [2.45, 2.75) is 38.0 Å². The van der Waals surface area contributed by atoms with Crippen LogP contribution in [0.2, 0.25) is 0 Å². The minimum Gasteiger partial charge on any atom is -0.474 e. The molecule has 0 radical (unpaired) electrons. The van der Waals surface area contributed by atoms with Crippen LogP contribution in [0.1, 0.15) is 31.2 Å². The van der Waals surface area contributed by atoms with Crippen molar-refractivity contribution in [1.82, 2.24) is 10.3 Å². The molecule has 4 nitrogen and oxygen atoms in total. The highest BCUT2D eigenvalue weighted by Crippen LogP contribution is 2.38. The molecule has 0 spiro atoms. The minimum atomic E-state index is -4.44. The van der Waals surface area contributed by atoms with Crippen molar-refractivity contribution in [1.29, 1.82) is 0 Å². The van der Waals surface area contributed by atoms with Gasteiger partial charge in [-0.05, 0) is 37.8 Å². The highest BCUT2D eigenvalue weighted by atomic mass is 19.4. The molecule has 1 aliphatic carbocycles. The van der Waals surface area contributed by atoms with E-state index in [9.17, 15) is 13.2 Å². The Labute approximate surface area is 127 Å². The van der Waals surface area contributed by atoms with Crippen molar-refractivity contribution in [3.63, 3.8) is 0 Å². The summed E-state index contributed by atoms with van der Waals surface area (Å²) < 4.78 is 45.0. The van der Waals surface area contributed by atoms with Gasteiger partial charge in [-0.3, -0.25) is 0 Å². The number of nitrogens with one attached hydrogen (secondary N) is 1. The van der Waals surface area contributed by atoms with Gasteiger partial charge in [0.15, 0.2) is 0 Å². The first-order chi connectivity index (χ1) is 10.5. The maximum absolute atomic E-state index is 13.2. The Bertz CT molecular complexity index is 509. The maximum Gasteiger partial charge on any atom is 0.421 e. The first kappa shape index (κ1) is 15.4. The average Bonchev–Trinajstić information content (AvgIpc) is 3.00. The SMILES string of the molecule is FC(F)(F)c1ccc(N2CCNCC2)nc1OC1CCCC1. The van der Waals surface area contributed by atoms with Gasteiger partial charge in [-0.2, -0.15) is 18.2 Å². The van der Waals surface area contributed by atoms with E-state index in [0.717, 1.165) is 57.9 Å². The molecule has 3 rings (SSSR count). The minimum absolute atomic E-state index is 0.146. The van der Waals surface area contributed by atoms with Crippen LogP contribution in [0, 0.1) is 0 Å². The molecule has 1 saturated carbocycles. The van der Waals surface area contributed by atoms with Gasteiger partial charge in [-0.25, -0.2) is 0 Å². The van der Waals surface area contributed by atoms with Crippen molar-refractivity contribution in [3.8, 4) is 5.88 Å². The van der Waals surface area contributed by atoms with E-state index in [1.807, 2.05) is 4.90 Å². The zero-order chi connectivity index (χ0) is 15.6. The highest BCUT2D eigenvalue weighted by Gasteiger charge is 2.36. The van der Waals surface area contributed by atoms with E-state index in [2.05, 4.69) is 10.3 Å². The van der Waals surface area contributed by atoms with Crippen LogP contribution >= 0.6 is 0 Å². The molecule has 2 aliphatic rings. The van der Waals surface area contributed by atoms with E-state index in [-0.39, 0.29) is 12.0 Å². The Kier molecular flexibility index (Phi) is 4.42. The van der Waals surface area contributed by atoms with Crippen LogP contribution < -0.4 is 15.0 Å². The zero-order valence-corrected chi connectivity index (χ0v) is 12.3. The number of halogens is 3. The summed E-state index contributed by atoms with van der Waals surface area (Å²) in [5.74, 6) is 0.290. The molecule has 2 heterocycles. The molecule has 22 heavy (non-hydrogen) atoms. The predicted octanol–water partition coefficient (Wildman–Crippen LogP) is 2.83. The number of rotatable bonds is 3. The maximum atomic E-state index is 13.2. The molecule has 122 valence electrons. The molecule has 0 unspecified atom stereocenters. The van der Waals surface area contributed by atoms with Gasteiger partial charge in [-0.15, -0.1) is 0 Å². The molecule has 1 N–H and O–H groups in total. The van der Waals surface area contributed by atoms with E-state index >= 15 is 0 Å². The molecule has 0 atom stereocenters. The first-order valence-electron chi connectivity index (χ1n) is 7.74. The summed E-state index contributed by atoms with van der Waals surface area (Å²) in [6.45, 7) is 3.09. The number of anilines is 1. The van der Waals surface area contributed by atoms with Crippen molar-refractivity contribution >= 4 is 5.82 Å². The fourth-order valence-corrected chi connectivity index (χ4v) is 2.97. The number of nitrogens with zero attached hydrogens (tertiary/aromatic N) is 2. The van der Waals surface area contributed by atoms with Gasteiger partial charge in [0.1, 0.15) is 17.5 Å². The lowest BCUT2D eigenvalue weighted by molar-refractivity contribution is -0.139. The van der Waals surface area contributed by atoms with Crippen LogP contribution in [0.5, 0.6) is 5.88 Å². The van der Waals surface area contributed by atoms with Gasteiger partial charge in [0.25, 0.3) is 0 Å². The number of hydrogen-bond donors (Lipinski definition) is 1. The summed E-state index contributed by atoms with van der Waals surface area (Å²) in [5.41, 5.74) is -0.779. The lowest BCUT2D eigenvalue weighted by Crippen LogP contribution is -2.44. The molecule has 1 aromatic heterocycles. The van der Waals surface area contributed by atoms with Gasteiger partial charge in [0.05, 0.1) is 0 Å². The van der Waals surface area contributed by atoms with Crippen LogP contribution in [-0.4, -0.2) is 37.3 Å². The van der Waals surface area contributed by atoms with Crippen molar-refractivity contribution in [2.75, 3.05) is 31.1 Å². The third kappa shape index (κ3) is 3.45. The van der Waals surface area contributed by atoms with E-state index in [0.29, 0.717) is 5.82 Å². The molecular weight excluding hydrogens is 295 g/mol. The number of pyridine rings is 1. The molecule has 1 aliphatic heterocycles. The van der Waals surface area contributed by atoms with E-state index in [1.54, 1.807) is 0 Å². The number of aromatic nitrogens is 1. The van der Waals surface area contributed by atoms with Crippen LogP contribution in [0.3, 0.4) is 0 Å². The molecule has 1 aromatic rings. The van der Waals surface area contributed by atoms with E-state index in [1.165, 1.54) is 6.07 Å². The second-order valence-electron chi connectivity index (χ2n) is 5.78. The lowest BCUT2D eigenvalue weighted by Gasteiger charge is -2.29. The molecule has 0 aromatic carbocycles. The fourth-order valence-electron chi connectivity index (χ4n) is 2.97. The van der Waals surface area contributed by atoms with Gasteiger partial charge in [-0.1, -0.05) is 0 Å². The van der Waals surface area contributed by atoms with Gasteiger partial charge in [0.2, 0.25) is 5.88 Å². The Morgan fingerprint density at radius 3 is 2.45 bits per heavy atom. The Morgan fingerprint density at radius 2 is 1.82 bits per heavy atom. The third-order valence-corrected chi connectivity index (χ3v) is 4.17. The second kappa shape index (κ2) is 6.32. The number of hydrogen-bond acceptors (Lipinski definition) is 4. The normalized spacial score (nSPS) is 20.4. The number of piperazine rings is 1. The van der Waals surface area contributed by atoms with Gasteiger partial charge >= 0.3 is 6.18 Å². The average molecular weight is 315 g/mol. The third-order valence-electron chi connectivity index (χ3n) is 4.17. The predicted molar refractivity (Wildman–Crippen MR) is 77.2 cm³/mol. The fraction of sp³-hybridized carbons (Fsp3) is 0.667. The van der Waals surface area contributed by atoms with Crippen LogP contribution in [0.4, 0.5) is 19.0 Å². The summed E-state index contributed by atoms with van der Waals surface area (Å²) in [6, 6.07) is 2.53. The van der Waals surface area contributed by atoms with E-state index in [4.69, 9.17) is 4.74 Å². The monoisotopic (exact) mass is 315 g/mol. The Balaban J connectivity index is 1.87. The molecular formula is C15H20F3N3O. The zero-order valence-electron chi connectivity index (χ0n) is 12.3. The van der Waals surface area contributed by atoms with Crippen LogP contribution in [0.25, 0.3) is 0 Å². The smallest absolute Gasteiger partial charge is 0.421 e.